The number of halogens is 2. The summed E-state index contributed by atoms with van der Waals surface area (Å²) in [5.41, 5.74) is 6.94. The van der Waals surface area contributed by atoms with Crippen LogP contribution in [0.2, 0.25) is 0 Å². The van der Waals surface area contributed by atoms with Crippen LogP contribution in [0.5, 0.6) is 5.75 Å². The van der Waals surface area contributed by atoms with Crippen LogP contribution < -0.4 is 15.8 Å². The van der Waals surface area contributed by atoms with Gasteiger partial charge in [-0.05, 0) is 30.3 Å². The monoisotopic (exact) mass is 281 g/mol. The number of aryl methyl sites for hydroxylation is 1. The van der Waals surface area contributed by atoms with Crippen LogP contribution in [0.1, 0.15) is 10.5 Å². The maximum atomic E-state index is 12.0. The summed E-state index contributed by atoms with van der Waals surface area (Å²) in [5, 5.41) is 2.63. The van der Waals surface area contributed by atoms with Crippen LogP contribution >= 0.6 is 0 Å². The Morgan fingerprint density at radius 2 is 2.00 bits per heavy atom. The number of amides is 1. The molecule has 0 bridgehead atoms. The van der Waals surface area contributed by atoms with Crippen molar-refractivity contribution in [1.82, 2.24) is 4.57 Å². The zero-order chi connectivity index (χ0) is 14.7. The second kappa shape index (κ2) is 5.60. The van der Waals surface area contributed by atoms with E-state index in [0.717, 1.165) is 0 Å². The van der Waals surface area contributed by atoms with Crippen molar-refractivity contribution < 1.29 is 18.3 Å². The molecule has 0 saturated heterocycles. The number of hydrogen-bond donors (Lipinski definition) is 2. The lowest BCUT2D eigenvalue weighted by atomic mass is 10.3. The second-order valence-electron chi connectivity index (χ2n) is 4.13. The number of aromatic nitrogens is 1. The third-order valence-electron chi connectivity index (χ3n) is 2.60. The summed E-state index contributed by atoms with van der Waals surface area (Å²) in [6.45, 7) is -2.87. The van der Waals surface area contributed by atoms with Crippen LogP contribution in [0.4, 0.5) is 20.2 Å². The summed E-state index contributed by atoms with van der Waals surface area (Å²) in [5.74, 6) is -0.312. The first-order valence-electron chi connectivity index (χ1n) is 5.74. The molecule has 1 heterocycles. The number of nitrogen functional groups attached to an aromatic ring is 1. The minimum atomic E-state index is -2.87. The highest BCUT2D eigenvalue weighted by molar-refractivity contribution is 6.03. The third kappa shape index (κ3) is 3.25. The Balaban J connectivity index is 2.06. The molecule has 3 N–H and O–H groups in total. The van der Waals surface area contributed by atoms with E-state index in [1.165, 1.54) is 24.3 Å². The van der Waals surface area contributed by atoms with Crippen molar-refractivity contribution in [2.45, 2.75) is 6.61 Å². The Morgan fingerprint density at radius 1 is 1.35 bits per heavy atom. The van der Waals surface area contributed by atoms with E-state index < -0.39 is 6.61 Å². The largest absolute Gasteiger partial charge is 0.435 e. The summed E-state index contributed by atoms with van der Waals surface area (Å²) < 4.78 is 29.8. The van der Waals surface area contributed by atoms with Crippen LogP contribution in [-0.2, 0) is 7.05 Å². The van der Waals surface area contributed by atoms with Crippen molar-refractivity contribution in [3.8, 4) is 5.75 Å². The number of anilines is 2. The molecule has 7 heteroatoms. The highest BCUT2D eigenvalue weighted by Gasteiger charge is 2.11. The normalized spacial score (nSPS) is 10.6. The van der Waals surface area contributed by atoms with Crippen LogP contribution in [0.15, 0.2) is 36.5 Å². The SMILES string of the molecule is Cn1cc(N)cc1C(=O)Nc1ccc(OC(F)F)cc1. The number of nitrogens with two attached hydrogens (primary N) is 1. The van der Waals surface area contributed by atoms with Gasteiger partial charge in [0.1, 0.15) is 11.4 Å². The van der Waals surface area contributed by atoms with Gasteiger partial charge in [-0.3, -0.25) is 4.79 Å². The van der Waals surface area contributed by atoms with E-state index in [-0.39, 0.29) is 11.7 Å². The number of alkyl halides is 2. The Hall–Kier alpha value is -2.57. The first-order chi connectivity index (χ1) is 9.45. The van der Waals surface area contributed by atoms with Gasteiger partial charge in [0.05, 0.1) is 5.69 Å². The zero-order valence-corrected chi connectivity index (χ0v) is 10.6. The number of ether oxygens (including phenoxy) is 1. The van der Waals surface area contributed by atoms with Crippen LogP contribution in [0, 0.1) is 0 Å². The molecule has 20 heavy (non-hydrogen) atoms. The van der Waals surface area contributed by atoms with Crippen LogP contribution in [0.3, 0.4) is 0 Å². The molecule has 0 fully saturated rings. The molecule has 0 radical (unpaired) electrons. The van der Waals surface area contributed by atoms with Crippen LogP contribution in [0.25, 0.3) is 0 Å². The van der Waals surface area contributed by atoms with E-state index in [2.05, 4.69) is 10.1 Å². The number of nitrogens with one attached hydrogen (secondary N) is 1. The van der Waals surface area contributed by atoms with Crippen molar-refractivity contribution >= 4 is 17.3 Å². The van der Waals surface area contributed by atoms with E-state index in [1.807, 2.05) is 0 Å². The zero-order valence-electron chi connectivity index (χ0n) is 10.6. The Kier molecular flexibility index (Phi) is 3.88. The van der Waals surface area contributed by atoms with Gasteiger partial charge in [0, 0.05) is 18.9 Å². The van der Waals surface area contributed by atoms with E-state index in [0.29, 0.717) is 17.1 Å². The Labute approximate surface area is 113 Å². The molecule has 106 valence electrons. The van der Waals surface area contributed by atoms with Gasteiger partial charge in [-0.15, -0.1) is 0 Å². The van der Waals surface area contributed by atoms with Gasteiger partial charge in [-0.1, -0.05) is 0 Å². The summed E-state index contributed by atoms with van der Waals surface area (Å²) >= 11 is 0. The first-order valence-corrected chi connectivity index (χ1v) is 5.74. The lowest BCUT2D eigenvalue weighted by molar-refractivity contribution is -0.0498. The van der Waals surface area contributed by atoms with Gasteiger partial charge in [0.25, 0.3) is 5.91 Å². The van der Waals surface area contributed by atoms with Gasteiger partial charge < -0.3 is 20.4 Å². The maximum Gasteiger partial charge on any atom is 0.387 e. The van der Waals surface area contributed by atoms with Crippen molar-refractivity contribution in [2.75, 3.05) is 11.1 Å². The molecule has 0 aliphatic rings. The minimum Gasteiger partial charge on any atom is -0.435 e. The van der Waals surface area contributed by atoms with E-state index >= 15 is 0 Å². The fourth-order valence-electron chi connectivity index (χ4n) is 1.73. The topological polar surface area (TPSA) is 69.3 Å². The molecule has 0 spiro atoms. The number of hydrogen-bond acceptors (Lipinski definition) is 3. The van der Waals surface area contributed by atoms with Gasteiger partial charge in [0.15, 0.2) is 0 Å². The minimum absolute atomic E-state index is 0.0288. The van der Waals surface area contributed by atoms with Crippen LogP contribution in [-0.4, -0.2) is 17.1 Å². The molecule has 0 saturated carbocycles. The van der Waals surface area contributed by atoms with E-state index in [4.69, 9.17) is 5.73 Å². The molecule has 2 rings (SSSR count). The van der Waals surface area contributed by atoms with E-state index in [1.54, 1.807) is 23.9 Å². The summed E-state index contributed by atoms with van der Waals surface area (Å²) in [6.07, 6.45) is 1.62. The average Bonchev–Trinajstić information content (AvgIpc) is 2.70. The fourth-order valence-corrected chi connectivity index (χ4v) is 1.73. The Morgan fingerprint density at radius 3 is 2.50 bits per heavy atom. The molecule has 0 aliphatic carbocycles. The number of carbonyl (C=O) groups is 1. The molecular formula is C13H13F2N3O2. The lowest BCUT2D eigenvalue weighted by Crippen LogP contribution is -2.15. The molecule has 2 aromatic rings. The van der Waals surface area contributed by atoms with Crippen molar-refractivity contribution in [2.24, 2.45) is 7.05 Å². The number of benzene rings is 1. The predicted octanol–water partition coefficient (Wildman–Crippen LogP) is 2.46. The highest BCUT2D eigenvalue weighted by atomic mass is 19.3. The molecule has 5 nitrogen and oxygen atoms in total. The van der Waals surface area contributed by atoms with Gasteiger partial charge >= 0.3 is 6.61 Å². The van der Waals surface area contributed by atoms with E-state index in [9.17, 15) is 13.6 Å². The van der Waals surface area contributed by atoms with Gasteiger partial charge in [0.2, 0.25) is 0 Å². The summed E-state index contributed by atoms with van der Waals surface area (Å²) in [4.78, 5) is 12.0. The molecule has 0 unspecified atom stereocenters. The average molecular weight is 281 g/mol. The molecule has 1 amide bonds. The number of nitrogens with zero attached hydrogens (tertiary/aromatic N) is 1. The van der Waals surface area contributed by atoms with Crippen molar-refractivity contribution in [3.05, 3.63) is 42.2 Å². The maximum absolute atomic E-state index is 12.0. The first kappa shape index (κ1) is 13.9. The molecule has 0 aliphatic heterocycles. The highest BCUT2D eigenvalue weighted by Crippen LogP contribution is 2.18. The van der Waals surface area contributed by atoms with Gasteiger partial charge in [-0.2, -0.15) is 8.78 Å². The molecule has 1 aromatic carbocycles. The van der Waals surface area contributed by atoms with Crippen molar-refractivity contribution in [3.63, 3.8) is 0 Å². The quantitative estimate of drug-likeness (QED) is 0.904. The Bertz CT molecular complexity index is 609. The summed E-state index contributed by atoms with van der Waals surface area (Å²) in [7, 11) is 1.70. The third-order valence-corrected chi connectivity index (χ3v) is 2.60. The standard InChI is InChI=1S/C13H13F2N3O2/c1-18-7-8(16)6-11(18)12(19)17-9-2-4-10(5-3-9)20-13(14)15/h2-7,13H,16H2,1H3,(H,17,19). The smallest absolute Gasteiger partial charge is 0.387 e. The molecular weight excluding hydrogens is 268 g/mol. The lowest BCUT2D eigenvalue weighted by Gasteiger charge is -2.08. The second-order valence-corrected chi connectivity index (χ2v) is 4.13. The number of carbonyl (C=O) groups excluding carboxylic acids is 1. The van der Waals surface area contributed by atoms with Crippen molar-refractivity contribution in [1.29, 1.82) is 0 Å². The molecule has 0 atom stereocenters. The fraction of sp³-hybridized carbons (Fsp3) is 0.154. The summed E-state index contributed by atoms with van der Waals surface area (Å²) in [6, 6.07) is 7.19. The molecule has 1 aromatic heterocycles. The number of rotatable bonds is 4. The predicted molar refractivity (Wildman–Crippen MR) is 70.9 cm³/mol. The van der Waals surface area contributed by atoms with Gasteiger partial charge in [-0.25, -0.2) is 0 Å².